The summed E-state index contributed by atoms with van der Waals surface area (Å²) >= 11 is 5.93. The van der Waals surface area contributed by atoms with Crippen molar-refractivity contribution in [2.24, 2.45) is 5.92 Å². The smallest absolute Gasteiger partial charge is 0.402 e. The van der Waals surface area contributed by atoms with Crippen LogP contribution in [0, 0.1) is 5.92 Å². The molecule has 0 fully saturated rings. The van der Waals surface area contributed by atoms with Gasteiger partial charge in [-0.05, 0) is 83.8 Å². The zero-order valence-corrected chi connectivity index (χ0v) is 16.7. The number of allylic oxidation sites excluding steroid dienone is 3. The molecule has 1 aliphatic rings. The van der Waals surface area contributed by atoms with Gasteiger partial charge in [0.2, 0.25) is 0 Å². The van der Waals surface area contributed by atoms with E-state index < -0.39 is 33.9 Å². The second kappa shape index (κ2) is 6.99. The van der Waals surface area contributed by atoms with Gasteiger partial charge in [0, 0.05) is 7.16 Å². The van der Waals surface area contributed by atoms with Gasteiger partial charge in [0.1, 0.15) is 0 Å². The Morgan fingerprint density at radius 3 is 2.50 bits per heavy atom. The van der Waals surface area contributed by atoms with E-state index in [0.29, 0.717) is 10.0 Å². The zero-order valence-electron chi connectivity index (χ0n) is 9.45. The van der Waals surface area contributed by atoms with Gasteiger partial charge in [-0.1, -0.05) is 0 Å². The second-order valence-corrected chi connectivity index (χ2v) is 9.02. The minimum absolute atomic E-state index is 0.307. The summed E-state index contributed by atoms with van der Waals surface area (Å²) in [7, 11) is -5.60. The zero-order chi connectivity index (χ0) is 15.7. The van der Waals surface area contributed by atoms with Gasteiger partial charge in [-0.2, -0.15) is 17.2 Å². The second-order valence-electron chi connectivity index (χ2n) is 3.76. The first-order chi connectivity index (χ1) is 8.95. The van der Waals surface area contributed by atoms with E-state index in [1.165, 1.54) is 0 Å². The molecule has 1 rings (SSSR count). The molecule has 11 heteroatoms. The molecular formula is C9H7F2I3O5S. The summed E-state index contributed by atoms with van der Waals surface area (Å²) in [6, 6.07) is 0. The van der Waals surface area contributed by atoms with Crippen LogP contribution in [0.15, 0.2) is 16.8 Å². The molecule has 1 unspecified atom stereocenters. The monoisotopic (exact) mass is 646 g/mol. The van der Waals surface area contributed by atoms with Gasteiger partial charge in [0.25, 0.3) is 0 Å². The van der Waals surface area contributed by atoms with Crippen LogP contribution in [0.25, 0.3) is 0 Å². The highest BCUT2D eigenvalue weighted by molar-refractivity contribution is 14.1. The summed E-state index contributed by atoms with van der Waals surface area (Å²) in [6.07, 6.45) is 2.15. The Hall–Kier alpha value is 0.910. The largest absolute Gasteiger partial charge is 0.457 e. The minimum Gasteiger partial charge on any atom is -0.457 e. The third-order valence-corrected chi connectivity index (χ3v) is 7.14. The number of ether oxygens (including phenoxy) is 1. The molecule has 0 aromatic heterocycles. The van der Waals surface area contributed by atoms with Gasteiger partial charge < -0.3 is 4.74 Å². The van der Waals surface area contributed by atoms with Crippen LogP contribution in [-0.4, -0.2) is 30.8 Å². The van der Waals surface area contributed by atoms with Crippen LogP contribution in [0.4, 0.5) is 8.78 Å². The van der Waals surface area contributed by atoms with Crippen molar-refractivity contribution in [1.29, 1.82) is 0 Å². The molecule has 0 heterocycles. The maximum Gasteiger partial charge on any atom is 0.402 e. The lowest BCUT2D eigenvalue weighted by Gasteiger charge is -2.21. The number of carbonyl (C=O) groups excluding carboxylic acids is 1. The van der Waals surface area contributed by atoms with Gasteiger partial charge in [-0.25, -0.2) is 0 Å². The SMILES string of the molecule is O=C(OCC(F)(F)S(=O)(=O)O)C1CC(I)=CC(I)=C1I. The summed E-state index contributed by atoms with van der Waals surface area (Å²) in [5.74, 6) is -1.69. The molecule has 1 atom stereocenters. The Labute approximate surface area is 154 Å². The standard InChI is InChI=1S/C9H7F2I3O5S/c10-9(11,20(16,17)18)3-19-8(15)5-1-4(12)2-6(13)7(5)14/h2,5H,1,3H2,(H,16,17,18). The fourth-order valence-corrected chi connectivity index (χ4v) is 4.17. The van der Waals surface area contributed by atoms with E-state index in [-0.39, 0.29) is 0 Å². The molecule has 1 N–H and O–H groups in total. The maximum absolute atomic E-state index is 13.0. The number of carbonyl (C=O) groups is 1. The molecule has 0 saturated heterocycles. The summed E-state index contributed by atoms with van der Waals surface area (Å²) in [4.78, 5) is 11.8. The third kappa shape index (κ3) is 4.70. The quantitative estimate of drug-likeness (QED) is 0.288. The van der Waals surface area contributed by atoms with E-state index >= 15 is 0 Å². The van der Waals surface area contributed by atoms with Crippen molar-refractivity contribution >= 4 is 83.9 Å². The van der Waals surface area contributed by atoms with E-state index in [1.807, 2.05) is 73.8 Å². The van der Waals surface area contributed by atoms with Crippen molar-refractivity contribution in [3.05, 3.63) is 16.8 Å². The Bertz CT molecular complexity index is 584. The molecule has 5 nitrogen and oxygen atoms in total. The van der Waals surface area contributed by atoms with Crippen LogP contribution in [0.1, 0.15) is 6.42 Å². The normalized spacial score (nSPS) is 20.7. The Morgan fingerprint density at radius 1 is 1.45 bits per heavy atom. The average molecular weight is 646 g/mol. The molecular weight excluding hydrogens is 639 g/mol. The highest BCUT2D eigenvalue weighted by Crippen LogP contribution is 2.39. The summed E-state index contributed by atoms with van der Waals surface area (Å²) < 4.78 is 61.7. The van der Waals surface area contributed by atoms with Crippen LogP contribution in [0.2, 0.25) is 0 Å². The van der Waals surface area contributed by atoms with Gasteiger partial charge in [0.05, 0.1) is 5.92 Å². The Balaban J connectivity index is 2.77. The lowest BCUT2D eigenvalue weighted by Crippen LogP contribution is -2.36. The first kappa shape index (κ1) is 19.0. The van der Waals surface area contributed by atoms with E-state index in [2.05, 4.69) is 4.74 Å². The molecule has 0 aromatic rings. The first-order valence-electron chi connectivity index (χ1n) is 4.88. The number of alkyl halides is 2. The van der Waals surface area contributed by atoms with Crippen molar-refractivity contribution < 1.29 is 31.3 Å². The summed E-state index contributed by atoms with van der Waals surface area (Å²) in [5.41, 5.74) is 0. The summed E-state index contributed by atoms with van der Waals surface area (Å²) in [6.45, 7) is -1.71. The van der Waals surface area contributed by atoms with E-state index in [9.17, 15) is 22.0 Å². The predicted molar refractivity (Wildman–Crippen MR) is 92.7 cm³/mol. The molecule has 1 aliphatic carbocycles. The number of halogens is 5. The van der Waals surface area contributed by atoms with Crippen LogP contribution >= 0.6 is 67.8 Å². The van der Waals surface area contributed by atoms with Crippen LogP contribution in [0.3, 0.4) is 0 Å². The van der Waals surface area contributed by atoms with Crippen molar-refractivity contribution in [2.45, 2.75) is 11.7 Å². The van der Waals surface area contributed by atoms with E-state index in [1.54, 1.807) is 0 Å². The number of hydrogen-bond acceptors (Lipinski definition) is 4. The van der Waals surface area contributed by atoms with Crippen LogP contribution in [-0.2, 0) is 19.6 Å². The van der Waals surface area contributed by atoms with E-state index in [0.717, 1.165) is 7.16 Å². The highest BCUT2D eigenvalue weighted by Gasteiger charge is 2.46. The van der Waals surface area contributed by atoms with Crippen molar-refractivity contribution in [3.63, 3.8) is 0 Å². The van der Waals surface area contributed by atoms with Crippen LogP contribution < -0.4 is 0 Å². The molecule has 114 valence electrons. The minimum atomic E-state index is -5.60. The van der Waals surface area contributed by atoms with Crippen molar-refractivity contribution in [1.82, 2.24) is 0 Å². The molecule has 0 aromatic carbocycles. The maximum atomic E-state index is 13.0. The Morgan fingerprint density at radius 2 is 2.00 bits per heavy atom. The summed E-state index contributed by atoms with van der Waals surface area (Å²) in [5, 5.41) is -4.51. The topological polar surface area (TPSA) is 80.7 Å². The van der Waals surface area contributed by atoms with Crippen LogP contribution in [0.5, 0.6) is 0 Å². The van der Waals surface area contributed by atoms with Gasteiger partial charge >= 0.3 is 21.3 Å². The van der Waals surface area contributed by atoms with Gasteiger partial charge in [0.15, 0.2) is 6.61 Å². The molecule has 0 saturated carbocycles. The lowest BCUT2D eigenvalue weighted by molar-refractivity contribution is -0.152. The Kier molecular flexibility index (Phi) is 6.63. The fourth-order valence-electron chi connectivity index (χ4n) is 1.23. The number of esters is 1. The van der Waals surface area contributed by atoms with Gasteiger partial charge in [-0.3, -0.25) is 9.35 Å². The lowest BCUT2D eigenvalue weighted by atomic mass is 10.0. The third-order valence-electron chi connectivity index (χ3n) is 2.26. The predicted octanol–water partition coefficient (Wildman–Crippen LogP) is 3.43. The van der Waals surface area contributed by atoms with Crippen molar-refractivity contribution in [2.75, 3.05) is 6.61 Å². The van der Waals surface area contributed by atoms with E-state index in [4.69, 9.17) is 4.55 Å². The van der Waals surface area contributed by atoms with Crippen molar-refractivity contribution in [3.8, 4) is 0 Å². The number of rotatable bonds is 4. The molecule has 20 heavy (non-hydrogen) atoms. The van der Waals surface area contributed by atoms with Gasteiger partial charge in [-0.15, -0.1) is 0 Å². The first-order valence-corrected chi connectivity index (χ1v) is 9.56. The molecule has 0 amide bonds. The fraction of sp³-hybridized carbons (Fsp3) is 0.444. The molecule has 0 radical (unpaired) electrons. The average Bonchev–Trinajstić information content (AvgIpc) is 2.29. The highest BCUT2D eigenvalue weighted by atomic mass is 127. The molecule has 0 bridgehead atoms. The number of hydrogen-bond donors (Lipinski definition) is 1. The molecule has 0 aliphatic heterocycles. The molecule has 0 spiro atoms.